The quantitative estimate of drug-likeness (QED) is 0.504. The number of benzene rings is 1. The zero-order valence-corrected chi connectivity index (χ0v) is 16.0. The van der Waals surface area contributed by atoms with Crippen molar-refractivity contribution < 1.29 is 20.4 Å². The molecule has 0 saturated carbocycles. The Morgan fingerprint density at radius 1 is 0.667 bits per heavy atom. The van der Waals surface area contributed by atoms with Crippen molar-refractivity contribution >= 4 is 26.5 Å². The fraction of sp³-hybridized carbons (Fsp3) is 0.667. The van der Waals surface area contributed by atoms with E-state index in [9.17, 15) is 20.4 Å². The van der Waals surface area contributed by atoms with Crippen molar-refractivity contribution in [1.82, 2.24) is 0 Å². The first-order chi connectivity index (χ1) is 11.4. The summed E-state index contributed by atoms with van der Waals surface area (Å²) in [5.74, 6) is 0.0822. The van der Waals surface area contributed by atoms with E-state index < -0.39 is 40.3 Å². The normalized spacial score (nSPS) is 53.2. The van der Waals surface area contributed by atoms with Gasteiger partial charge in [0, 0.05) is 22.6 Å². The molecular formula is C18H26O4P2. The number of hydrogen-bond donors (Lipinski definition) is 4. The van der Waals surface area contributed by atoms with E-state index in [-0.39, 0.29) is 28.6 Å². The molecule has 0 amide bonds. The van der Waals surface area contributed by atoms with Gasteiger partial charge in [-0.15, -0.1) is 0 Å². The summed E-state index contributed by atoms with van der Waals surface area (Å²) in [7, 11) is -1.39. The van der Waals surface area contributed by atoms with Crippen LogP contribution in [0, 0.1) is 5.92 Å². The lowest BCUT2D eigenvalue weighted by molar-refractivity contribution is 0.00458. The molecule has 1 aromatic carbocycles. The fourth-order valence-corrected chi connectivity index (χ4v) is 13.2. The molecule has 2 unspecified atom stereocenters. The molecule has 3 heterocycles. The number of hydrogen-bond acceptors (Lipinski definition) is 4. The summed E-state index contributed by atoms with van der Waals surface area (Å²) in [6.45, 7) is 6.20. The Morgan fingerprint density at radius 2 is 1.04 bits per heavy atom. The van der Waals surface area contributed by atoms with E-state index in [1.165, 1.54) is 10.6 Å². The van der Waals surface area contributed by atoms with Gasteiger partial charge in [0.15, 0.2) is 0 Å². The second-order valence-electron chi connectivity index (χ2n) is 7.59. The van der Waals surface area contributed by atoms with E-state index in [0.717, 1.165) is 0 Å². The first-order valence-electron chi connectivity index (χ1n) is 8.74. The lowest BCUT2D eigenvalue weighted by Gasteiger charge is -2.33. The summed E-state index contributed by atoms with van der Waals surface area (Å²) in [5, 5.41) is 45.1. The Labute approximate surface area is 145 Å². The van der Waals surface area contributed by atoms with Crippen molar-refractivity contribution in [3.63, 3.8) is 0 Å². The molecule has 132 valence electrons. The van der Waals surface area contributed by atoms with E-state index >= 15 is 0 Å². The molecule has 4 rings (SSSR count). The summed E-state index contributed by atoms with van der Waals surface area (Å²) in [5.41, 5.74) is 0.0681. The Morgan fingerprint density at radius 3 is 1.42 bits per heavy atom. The van der Waals surface area contributed by atoms with Gasteiger partial charge in [-0.25, -0.2) is 0 Å². The zero-order valence-electron chi connectivity index (χ0n) is 14.2. The molecule has 0 radical (unpaired) electrons. The van der Waals surface area contributed by atoms with Crippen molar-refractivity contribution in [2.75, 3.05) is 0 Å². The minimum Gasteiger partial charge on any atom is -0.390 e. The number of aliphatic hydroxyl groups is 4. The molecule has 2 fully saturated rings. The van der Waals surface area contributed by atoms with Gasteiger partial charge >= 0.3 is 0 Å². The SMILES string of the molecule is CC1[C@H]2[C@@H](O)[C@H](O)[C@H](C)P2c2ccccc2P2[C@@H](C)[C@@H](O)[C@H](O)[C@H]12. The van der Waals surface area contributed by atoms with Crippen LogP contribution in [0.25, 0.3) is 0 Å². The highest BCUT2D eigenvalue weighted by Crippen LogP contribution is 2.67. The van der Waals surface area contributed by atoms with Crippen LogP contribution in [-0.4, -0.2) is 67.5 Å². The largest absolute Gasteiger partial charge is 0.390 e. The lowest BCUT2D eigenvalue weighted by Crippen LogP contribution is -2.42. The van der Waals surface area contributed by atoms with Crippen LogP contribution in [-0.2, 0) is 0 Å². The molecule has 4 nitrogen and oxygen atoms in total. The van der Waals surface area contributed by atoms with Gasteiger partial charge < -0.3 is 20.4 Å². The average molecular weight is 368 g/mol. The maximum absolute atomic E-state index is 10.8. The molecule has 2 saturated heterocycles. The van der Waals surface area contributed by atoms with E-state index in [4.69, 9.17) is 0 Å². The second-order valence-corrected chi connectivity index (χ2v) is 13.0. The van der Waals surface area contributed by atoms with E-state index in [1.807, 2.05) is 26.0 Å². The Kier molecular flexibility index (Phi) is 4.32. The molecular weight excluding hydrogens is 342 g/mol. The van der Waals surface area contributed by atoms with Crippen LogP contribution in [0.1, 0.15) is 20.8 Å². The van der Waals surface area contributed by atoms with Crippen molar-refractivity contribution in [1.29, 1.82) is 0 Å². The van der Waals surface area contributed by atoms with E-state index in [2.05, 4.69) is 19.1 Å². The summed E-state index contributed by atoms with van der Waals surface area (Å²) < 4.78 is 0. The molecule has 0 aliphatic carbocycles. The minimum atomic E-state index is -0.746. The molecule has 24 heavy (non-hydrogen) atoms. The van der Waals surface area contributed by atoms with Crippen LogP contribution >= 0.6 is 15.8 Å². The maximum atomic E-state index is 10.8. The van der Waals surface area contributed by atoms with Crippen LogP contribution in [0.2, 0.25) is 0 Å². The van der Waals surface area contributed by atoms with E-state index in [0.29, 0.717) is 0 Å². The third kappa shape index (κ3) is 2.14. The molecule has 3 aliphatic rings. The summed E-state index contributed by atoms with van der Waals surface area (Å²) in [6.07, 6.45) is -2.91. The highest BCUT2D eigenvalue weighted by Gasteiger charge is 2.59. The Hall–Kier alpha value is -0.0800. The van der Waals surface area contributed by atoms with Crippen LogP contribution in [0.5, 0.6) is 0 Å². The summed E-state index contributed by atoms with van der Waals surface area (Å²) in [6, 6.07) is 8.37. The van der Waals surface area contributed by atoms with Crippen molar-refractivity contribution in [2.24, 2.45) is 5.92 Å². The molecule has 1 aromatic rings. The van der Waals surface area contributed by atoms with Gasteiger partial charge in [-0.05, 0) is 16.5 Å². The number of aliphatic hydroxyl groups excluding tert-OH is 4. The molecule has 0 bridgehead atoms. The first-order valence-corrected chi connectivity index (χ1v) is 11.7. The molecule has 0 spiro atoms. The summed E-state index contributed by atoms with van der Waals surface area (Å²) >= 11 is 0. The predicted molar refractivity (Wildman–Crippen MR) is 99.2 cm³/mol. The van der Waals surface area contributed by atoms with Gasteiger partial charge in [0.2, 0.25) is 0 Å². The molecule has 6 heteroatoms. The Bertz CT molecular complexity index is 588. The standard InChI is InChI=1S/C18H26O4P2/c1-8-17-15(21)13(19)9(2)23(17)11-6-4-5-7-12(11)24-10(3)14(20)16(22)18(8)24/h4-10,13-22H,1-3H3/t8?,9-,10-,13+,14+,15-,16-,17-,18-,23?,24?/m0/s1. The lowest BCUT2D eigenvalue weighted by atomic mass is 9.91. The molecule has 4 N–H and O–H groups in total. The first kappa shape index (κ1) is 17.3. The van der Waals surface area contributed by atoms with Gasteiger partial charge in [0.1, 0.15) is 0 Å². The van der Waals surface area contributed by atoms with Gasteiger partial charge in [0.05, 0.1) is 24.4 Å². The van der Waals surface area contributed by atoms with Crippen molar-refractivity contribution in [3.05, 3.63) is 24.3 Å². The third-order valence-corrected chi connectivity index (χ3v) is 13.7. The van der Waals surface area contributed by atoms with Gasteiger partial charge in [-0.1, -0.05) is 60.9 Å². The fourth-order valence-electron chi connectivity index (χ4n) is 5.17. The Balaban J connectivity index is 1.93. The topological polar surface area (TPSA) is 80.9 Å². The number of fused-ring (bicyclic) bond motifs is 5. The minimum absolute atomic E-state index is 0.0178. The van der Waals surface area contributed by atoms with Crippen LogP contribution < -0.4 is 10.6 Å². The van der Waals surface area contributed by atoms with Crippen LogP contribution in [0.3, 0.4) is 0 Å². The highest BCUT2D eigenvalue weighted by atomic mass is 31.1. The van der Waals surface area contributed by atoms with Gasteiger partial charge in [-0.3, -0.25) is 0 Å². The predicted octanol–water partition coefficient (Wildman–Crippen LogP) is 0.536. The average Bonchev–Trinajstić information content (AvgIpc) is 2.88. The molecule has 3 aliphatic heterocycles. The van der Waals surface area contributed by atoms with Crippen molar-refractivity contribution in [2.45, 2.75) is 67.8 Å². The van der Waals surface area contributed by atoms with Crippen LogP contribution in [0.4, 0.5) is 0 Å². The highest BCUT2D eigenvalue weighted by molar-refractivity contribution is 7.74. The smallest absolute Gasteiger partial charge is 0.0878 e. The monoisotopic (exact) mass is 368 g/mol. The maximum Gasteiger partial charge on any atom is 0.0878 e. The number of rotatable bonds is 0. The third-order valence-electron chi connectivity index (χ3n) is 6.42. The van der Waals surface area contributed by atoms with Gasteiger partial charge in [0.25, 0.3) is 0 Å². The summed E-state index contributed by atoms with van der Waals surface area (Å²) in [4.78, 5) is 0. The zero-order chi connectivity index (χ0) is 17.3. The van der Waals surface area contributed by atoms with Crippen molar-refractivity contribution in [3.8, 4) is 0 Å². The molecule has 0 aromatic heterocycles. The second kappa shape index (κ2) is 5.98. The van der Waals surface area contributed by atoms with Crippen LogP contribution in [0.15, 0.2) is 24.3 Å². The van der Waals surface area contributed by atoms with E-state index in [1.54, 1.807) is 0 Å². The van der Waals surface area contributed by atoms with Gasteiger partial charge in [-0.2, -0.15) is 0 Å². The molecule has 10 atom stereocenters.